The highest BCUT2D eigenvalue weighted by Crippen LogP contribution is 2.16. The molecule has 0 saturated heterocycles. The Balaban J connectivity index is 4.25. The summed E-state index contributed by atoms with van der Waals surface area (Å²) in [6.45, 7) is 6.62. The molecule has 6 nitrogen and oxygen atoms in total. The number of hydrogen-bond donors (Lipinski definition) is 0. The van der Waals surface area contributed by atoms with Gasteiger partial charge in [0.05, 0.1) is 0 Å². The third kappa shape index (κ3) is 54.4. The van der Waals surface area contributed by atoms with Crippen LogP contribution < -0.4 is 0 Å². The van der Waals surface area contributed by atoms with Crippen molar-refractivity contribution in [3.05, 3.63) is 36.5 Å². The standard InChI is InChI=1S/C61H112O6/c1-4-7-10-13-16-19-22-24-26-27-28-29-30-31-32-33-35-36-39-42-45-48-51-54-60(63)66-57-58(56-65-59(62)53-50-47-44-41-38-21-18-15-12-9-6-3)67-61(64)55-52-49-46-43-40-37-34-25-23-20-17-14-11-8-5-2/h15,18,25,27-28,34,58H,4-14,16-17,19-24,26,29-33,35-57H2,1-3H3/b18-15-,28-27-,34-25-. The van der Waals surface area contributed by atoms with E-state index in [4.69, 9.17) is 14.2 Å². The first kappa shape index (κ1) is 64.6. The van der Waals surface area contributed by atoms with Crippen molar-refractivity contribution in [3.63, 3.8) is 0 Å². The van der Waals surface area contributed by atoms with E-state index in [-0.39, 0.29) is 31.1 Å². The summed E-state index contributed by atoms with van der Waals surface area (Å²) >= 11 is 0. The number of unbranched alkanes of at least 4 members (excludes halogenated alkanes) is 37. The summed E-state index contributed by atoms with van der Waals surface area (Å²) in [6.07, 6.45) is 67.2. The van der Waals surface area contributed by atoms with Gasteiger partial charge in [-0.2, -0.15) is 0 Å². The van der Waals surface area contributed by atoms with E-state index in [9.17, 15) is 14.4 Å². The average Bonchev–Trinajstić information content (AvgIpc) is 3.33. The molecule has 6 heteroatoms. The minimum Gasteiger partial charge on any atom is -0.462 e. The highest BCUT2D eigenvalue weighted by Gasteiger charge is 2.19. The molecule has 0 heterocycles. The van der Waals surface area contributed by atoms with Gasteiger partial charge in [0.1, 0.15) is 13.2 Å². The van der Waals surface area contributed by atoms with Gasteiger partial charge >= 0.3 is 17.9 Å². The monoisotopic (exact) mass is 941 g/mol. The summed E-state index contributed by atoms with van der Waals surface area (Å²) in [6, 6.07) is 0. The fourth-order valence-electron chi connectivity index (χ4n) is 8.59. The van der Waals surface area contributed by atoms with Crippen molar-refractivity contribution in [1.29, 1.82) is 0 Å². The molecule has 0 spiro atoms. The van der Waals surface area contributed by atoms with Crippen LogP contribution in [0.3, 0.4) is 0 Å². The molecule has 0 fully saturated rings. The Morgan fingerprint density at radius 1 is 0.284 bits per heavy atom. The fraction of sp³-hybridized carbons (Fsp3) is 0.852. The van der Waals surface area contributed by atoms with Crippen molar-refractivity contribution in [1.82, 2.24) is 0 Å². The van der Waals surface area contributed by atoms with Crippen LogP contribution in [0.5, 0.6) is 0 Å². The molecule has 0 aromatic heterocycles. The van der Waals surface area contributed by atoms with Gasteiger partial charge in [0.15, 0.2) is 6.10 Å². The molecule has 0 radical (unpaired) electrons. The summed E-state index contributed by atoms with van der Waals surface area (Å²) in [5.41, 5.74) is 0. The Labute approximate surface area is 416 Å². The predicted molar refractivity (Wildman–Crippen MR) is 289 cm³/mol. The van der Waals surface area contributed by atoms with Crippen LogP contribution in [0, 0.1) is 0 Å². The number of carbonyl (C=O) groups excluding carboxylic acids is 3. The molecule has 0 aliphatic rings. The van der Waals surface area contributed by atoms with Crippen LogP contribution in [0.15, 0.2) is 36.5 Å². The molecule has 67 heavy (non-hydrogen) atoms. The Morgan fingerprint density at radius 2 is 0.507 bits per heavy atom. The van der Waals surface area contributed by atoms with Gasteiger partial charge in [-0.15, -0.1) is 0 Å². The molecule has 0 N–H and O–H groups in total. The maximum atomic E-state index is 12.8. The molecule has 0 aliphatic heterocycles. The topological polar surface area (TPSA) is 78.9 Å². The van der Waals surface area contributed by atoms with Gasteiger partial charge in [-0.3, -0.25) is 14.4 Å². The smallest absolute Gasteiger partial charge is 0.306 e. The van der Waals surface area contributed by atoms with E-state index in [0.717, 1.165) is 70.6 Å². The van der Waals surface area contributed by atoms with Gasteiger partial charge in [0, 0.05) is 19.3 Å². The van der Waals surface area contributed by atoms with E-state index in [0.29, 0.717) is 19.3 Å². The first-order valence-corrected chi connectivity index (χ1v) is 29.5. The van der Waals surface area contributed by atoms with Gasteiger partial charge in [-0.05, 0) is 89.9 Å². The first-order chi connectivity index (χ1) is 33.0. The van der Waals surface area contributed by atoms with Crippen molar-refractivity contribution in [2.24, 2.45) is 0 Å². The summed E-state index contributed by atoms with van der Waals surface area (Å²) in [5.74, 6) is -0.881. The summed E-state index contributed by atoms with van der Waals surface area (Å²) in [4.78, 5) is 38.1. The van der Waals surface area contributed by atoms with E-state index < -0.39 is 6.10 Å². The second-order valence-electron chi connectivity index (χ2n) is 19.9. The molecule has 0 amide bonds. The molecule has 0 rings (SSSR count). The SMILES string of the molecule is CCCC/C=C\CCCCCCCC(=O)OCC(COC(=O)CCCCCCCCCCCCC/C=C\CCCCCCCCCC)OC(=O)CCCCCCC/C=C\CCCCCCCC. The number of esters is 3. The van der Waals surface area contributed by atoms with Gasteiger partial charge in [0.2, 0.25) is 0 Å². The average molecular weight is 942 g/mol. The van der Waals surface area contributed by atoms with Crippen molar-refractivity contribution >= 4 is 17.9 Å². The molecule has 1 atom stereocenters. The molecule has 0 bridgehead atoms. The maximum absolute atomic E-state index is 12.8. The Kier molecular flexibility index (Phi) is 54.2. The van der Waals surface area contributed by atoms with Crippen molar-refractivity contribution in [2.75, 3.05) is 13.2 Å². The zero-order valence-corrected chi connectivity index (χ0v) is 44.9. The van der Waals surface area contributed by atoms with Crippen molar-refractivity contribution < 1.29 is 28.6 Å². The van der Waals surface area contributed by atoms with E-state index in [1.807, 2.05) is 0 Å². The lowest BCUT2D eigenvalue weighted by Gasteiger charge is -2.18. The van der Waals surface area contributed by atoms with Gasteiger partial charge in [-0.1, -0.05) is 243 Å². The van der Waals surface area contributed by atoms with Gasteiger partial charge in [0.25, 0.3) is 0 Å². The van der Waals surface area contributed by atoms with E-state index in [1.165, 1.54) is 205 Å². The minimum absolute atomic E-state index is 0.0762. The van der Waals surface area contributed by atoms with Crippen LogP contribution in [0.25, 0.3) is 0 Å². The summed E-state index contributed by atoms with van der Waals surface area (Å²) in [5, 5.41) is 0. The molecule has 392 valence electrons. The Morgan fingerprint density at radius 3 is 0.791 bits per heavy atom. The van der Waals surface area contributed by atoms with Crippen molar-refractivity contribution in [2.45, 2.75) is 322 Å². The predicted octanol–water partition coefficient (Wildman–Crippen LogP) is 19.7. The molecule has 0 aliphatic carbocycles. The lowest BCUT2D eigenvalue weighted by molar-refractivity contribution is -0.167. The molecule has 1 unspecified atom stereocenters. The van der Waals surface area contributed by atoms with Crippen molar-refractivity contribution in [3.8, 4) is 0 Å². The highest BCUT2D eigenvalue weighted by atomic mass is 16.6. The number of rotatable bonds is 54. The van der Waals surface area contributed by atoms with Crippen LogP contribution in [-0.4, -0.2) is 37.2 Å². The Bertz CT molecular complexity index is 1130. The second-order valence-corrected chi connectivity index (χ2v) is 19.9. The van der Waals surface area contributed by atoms with Gasteiger partial charge < -0.3 is 14.2 Å². The third-order valence-electron chi connectivity index (χ3n) is 13.1. The van der Waals surface area contributed by atoms with Crippen LogP contribution in [0.2, 0.25) is 0 Å². The quantitative estimate of drug-likeness (QED) is 0.0262. The van der Waals surface area contributed by atoms with Gasteiger partial charge in [-0.25, -0.2) is 0 Å². The Hall–Kier alpha value is -2.37. The molecule has 0 saturated carbocycles. The van der Waals surface area contributed by atoms with Crippen LogP contribution >= 0.6 is 0 Å². The fourth-order valence-corrected chi connectivity index (χ4v) is 8.59. The van der Waals surface area contributed by atoms with E-state index in [2.05, 4.69) is 57.2 Å². The number of ether oxygens (including phenoxy) is 3. The third-order valence-corrected chi connectivity index (χ3v) is 13.1. The highest BCUT2D eigenvalue weighted by molar-refractivity contribution is 5.71. The number of hydrogen-bond acceptors (Lipinski definition) is 6. The largest absolute Gasteiger partial charge is 0.462 e. The molecular weight excluding hydrogens is 829 g/mol. The zero-order chi connectivity index (χ0) is 48.6. The van der Waals surface area contributed by atoms with Crippen LogP contribution in [-0.2, 0) is 28.6 Å². The molecular formula is C61H112O6. The van der Waals surface area contributed by atoms with Crippen LogP contribution in [0.4, 0.5) is 0 Å². The molecule has 0 aromatic rings. The normalized spacial score (nSPS) is 12.2. The first-order valence-electron chi connectivity index (χ1n) is 29.5. The number of carbonyl (C=O) groups is 3. The van der Waals surface area contributed by atoms with Crippen LogP contribution in [0.1, 0.15) is 316 Å². The van der Waals surface area contributed by atoms with E-state index in [1.54, 1.807) is 0 Å². The lowest BCUT2D eigenvalue weighted by Crippen LogP contribution is -2.30. The second kappa shape index (κ2) is 56.2. The maximum Gasteiger partial charge on any atom is 0.306 e. The molecule has 0 aromatic carbocycles. The summed E-state index contributed by atoms with van der Waals surface area (Å²) in [7, 11) is 0. The summed E-state index contributed by atoms with van der Waals surface area (Å²) < 4.78 is 16.8. The minimum atomic E-state index is -0.778. The number of allylic oxidation sites excluding steroid dienone is 6. The van der Waals surface area contributed by atoms with E-state index >= 15 is 0 Å². The zero-order valence-electron chi connectivity index (χ0n) is 44.9. The lowest BCUT2D eigenvalue weighted by atomic mass is 10.0.